The lowest BCUT2D eigenvalue weighted by atomic mass is 9.73. The zero-order valence-corrected chi connectivity index (χ0v) is 65.1. The number of thiophene rings is 2. The Hall–Kier alpha value is -14.5. The molecule has 0 radical (unpaired) electrons. The first kappa shape index (κ1) is 66.0. The zero-order valence-electron chi connectivity index (χ0n) is 63.5. The number of hydrogen-bond acceptors (Lipinski definition) is 4. The fourth-order valence-electron chi connectivity index (χ4n) is 20.8. The molecular weight excluding hydrogens is 1450 g/mol. The van der Waals surface area contributed by atoms with Gasteiger partial charge in [-0.2, -0.15) is 0 Å². The molecule has 0 N–H and O–H groups in total. The molecule has 3 heterocycles. The van der Waals surface area contributed by atoms with Crippen LogP contribution in [-0.2, 0) is 10.8 Å². The lowest BCUT2D eigenvalue weighted by molar-refractivity contribution is 0.811. The van der Waals surface area contributed by atoms with Crippen LogP contribution in [0, 0.1) is 0 Å². The second kappa shape index (κ2) is 25.5. The molecule has 4 aliphatic rings. The molecule has 0 bridgehead atoms. The first-order valence-electron chi connectivity index (χ1n) is 40.4. The van der Waals surface area contributed by atoms with E-state index in [1.807, 2.05) is 22.7 Å². The maximum Gasteiger partial charge on any atom is 0.0820 e. The van der Waals surface area contributed by atoms with Crippen LogP contribution in [0.5, 0.6) is 0 Å². The summed E-state index contributed by atoms with van der Waals surface area (Å²) < 4.78 is 5.12. The lowest BCUT2D eigenvalue weighted by Crippen LogP contribution is -2.25. The minimum absolute atomic E-state index is 0.429. The monoisotopic (exact) mass is 1520 g/mol. The van der Waals surface area contributed by atoms with E-state index in [1.54, 1.807) is 0 Å². The van der Waals surface area contributed by atoms with Gasteiger partial charge in [0.15, 0.2) is 0 Å². The van der Waals surface area contributed by atoms with Crippen molar-refractivity contribution in [1.82, 2.24) is 4.57 Å². The van der Waals surface area contributed by atoms with E-state index in [0.29, 0.717) is 0 Å². The summed E-state index contributed by atoms with van der Waals surface area (Å²) in [5.74, 6) is 0. The Morgan fingerprint density at radius 1 is 0.214 bits per heavy atom. The molecule has 0 saturated heterocycles. The van der Waals surface area contributed by atoms with Crippen molar-refractivity contribution in [2.45, 2.75) is 10.8 Å². The zero-order chi connectivity index (χ0) is 76.6. The molecule has 3 nitrogen and oxygen atoms in total. The van der Waals surface area contributed by atoms with Crippen LogP contribution in [0.1, 0.15) is 43.1 Å². The highest BCUT2D eigenvalue weighted by molar-refractivity contribution is 7.20. The smallest absolute Gasteiger partial charge is 0.0820 e. The molecule has 3 aromatic heterocycles. The van der Waals surface area contributed by atoms with Crippen LogP contribution in [0.25, 0.3) is 147 Å². The quantitative estimate of drug-likeness (QED) is 0.128. The van der Waals surface area contributed by atoms with E-state index in [4.69, 9.17) is 0 Å². The van der Waals surface area contributed by atoms with Crippen LogP contribution in [0.2, 0.25) is 0 Å². The van der Waals surface area contributed by atoms with Gasteiger partial charge in [0.2, 0.25) is 0 Å². The summed E-state index contributed by atoms with van der Waals surface area (Å²) in [6.45, 7) is 0. The number of hydrogen-bond donors (Lipinski definition) is 0. The van der Waals surface area contributed by atoms with Gasteiger partial charge in [-0.25, -0.2) is 0 Å². The van der Waals surface area contributed by atoms with Gasteiger partial charge in [-0.05, 0) is 232 Å². The van der Waals surface area contributed by atoms with Gasteiger partial charge < -0.3 is 14.4 Å². The summed E-state index contributed by atoms with van der Waals surface area (Å²) in [5, 5.41) is 7.36. The van der Waals surface area contributed by atoms with Gasteiger partial charge >= 0.3 is 0 Å². The van der Waals surface area contributed by atoms with Gasteiger partial charge in [0, 0.05) is 91.5 Å². The number of para-hydroxylation sites is 1. The van der Waals surface area contributed by atoms with Crippen LogP contribution < -0.4 is 9.80 Å². The third kappa shape index (κ3) is 9.55. The Bertz CT molecular complexity index is 7650. The Labute approximate surface area is 686 Å². The van der Waals surface area contributed by atoms with Gasteiger partial charge in [-0.1, -0.05) is 303 Å². The summed E-state index contributed by atoms with van der Waals surface area (Å²) in [6, 6.07) is 157. The van der Waals surface area contributed by atoms with Crippen molar-refractivity contribution < 1.29 is 0 Å². The normalized spacial score (nSPS) is 14.1. The molecular formula is C112H69N3S2. The molecule has 25 rings (SSSR count). The second-order valence-electron chi connectivity index (χ2n) is 31.6. The molecule has 18 aromatic carbocycles. The topological polar surface area (TPSA) is 11.4 Å². The number of fused-ring (bicyclic) bond motifs is 28. The Kier molecular flexibility index (Phi) is 14.4. The van der Waals surface area contributed by atoms with Crippen molar-refractivity contribution in [3.05, 3.63) is 462 Å². The largest absolute Gasteiger partial charge is 0.310 e. The van der Waals surface area contributed by atoms with Gasteiger partial charge in [-0.3, -0.25) is 0 Å². The molecule has 0 saturated carbocycles. The van der Waals surface area contributed by atoms with Gasteiger partial charge in [0.05, 0.1) is 27.6 Å². The highest BCUT2D eigenvalue weighted by Gasteiger charge is 2.56. The molecule has 21 aromatic rings. The fourth-order valence-corrected chi connectivity index (χ4v) is 23.7. The van der Waals surface area contributed by atoms with Gasteiger partial charge in [0.1, 0.15) is 0 Å². The van der Waals surface area contributed by atoms with Gasteiger partial charge in [-0.15, -0.1) is 22.7 Å². The highest BCUT2D eigenvalue weighted by atomic mass is 32.1. The number of benzene rings is 18. The Morgan fingerprint density at radius 2 is 0.615 bits per heavy atom. The molecule has 5 heteroatoms. The van der Waals surface area contributed by atoms with Crippen molar-refractivity contribution in [3.63, 3.8) is 0 Å². The van der Waals surface area contributed by atoms with Gasteiger partial charge in [0.25, 0.3) is 0 Å². The highest BCUT2D eigenvalue weighted by Crippen LogP contribution is 2.69. The van der Waals surface area contributed by atoms with Crippen LogP contribution in [-0.4, -0.2) is 4.57 Å². The number of rotatable bonds is 11. The first-order chi connectivity index (χ1) is 58.0. The van der Waals surface area contributed by atoms with Crippen LogP contribution >= 0.6 is 22.7 Å². The van der Waals surface area contributed by atoms with E-state index in [0.717, 1.165) is 67.4 Å². The van der Waals surface area contributed by atoms with Crippen LogP contribution in [0.15, 0.2) is 419 Å². The minimum atomic E-state index is -0.503. The summed E-state index contributed by atoms with van der Waals surface area (Å²) in [6.07, 6.45) is 0. The Balaban J connectivity index is 0.592. The molecule has 1 atom stereocenters. The molecule has 0 amide bonds. The summed E-state index contributed by atoms with van der Waals surface area (Å²) in [4.78, 5) is 7.77. The number of aromatic nitrogens is 1. The fraction of sp³-hybridized carbons (Fsp3) is 0.0179. The molecule has 0 fully saturated rings. The predicted octanol–water partition coefficient (Wildman–Crippen LogP) is 30.7. The van der Waals surface area contributed by atoms with Crippen molar-refractivity contribution in [2.75, 3.05) is 9.80 Å². The number of nitrogens with zero attached hydrogens (tertiary/aromatic N) is 3. The molecule has 544 valence electrons. The van der Waals surface area contributed by atoms with E-state index >= 15 is 0 Å². The lowest BCUT2D eigenvalue weighted by Gasteiger charge is -2.31. The van der Waals surface area contributed by atoms with Crippen molar-refractivity contribution in [2.24, 2.45) is 0 Å². The van der Waals surface area contributed by atoms with Crippen LogP contribution in [0.4, 0.5) is 34.1 Å². The van der Waals surface area contributed by atoms with E-state index < -0.39 is 10.8 Å². The predicted molar refractivity (Wildman–Crippen MR) is 493 cm³/mol. The first-order valence-corrected chi connectivity index (χ1v) is 42.1. The maximum atomic E-state index is 2.53. The minimum Gasteiger partial charge on any atom is -0.310 e. The van der Waals surface area contributed by atoms with E-state index in [2.05, 4.69) is 433 Å². The third-order valence-electron chi connectivity index (χ3n) is 25.8. The average molecular weight is 1520 g/mol. The van der Waals surface area contributed by atoms with Crippen LogP contribution in [0.3, 0.4) is 0 Å². The van der Waals surface area contributed by atoms with E-state index in [1.165, 1.54) is 157 Å². The number of anilines is 6. The van der Waals surface area contributed by atoms with Crippen molar-refractivity contribution in [3.8, 4) is 94.7 Å². The average Bonchev–Trinajstić information content (AvgIpc) is 1.49. The summed E-state index contributed by atoms with van der Waals surface area (Å²) in [7, 11) is 0. The summed E-state index contributed by atoms with van der Waals surface area (Å²) >= 11 is 3.92. The molecule has 117 heavy (non-hydrogen) atoms. The third-order valence-corrected chi connectivity index (χ3v) is 28.3. The molecule has 4 aliphatic carbocycles. The standard InChI is InChI=1S/C112H69N3S2/c1-3-23-70(24-4-1)72-47-55-80(56-48-72)113(81-57-51-74(52-58-81)78-54-63-91-100(68-78)112(110-107(91)93-35-13-20-44-105(93)117-110)95-36-14-7-29-86(95)87-30-8-15-37-96(87)112)84-61-53-75-45-46-77(65-79(75)67-84)76-27-21-28-83(66-76)115-101-41-18-11-31-88(101)94-69-85(62-64-102(94)115)114(82-59-49-73(50-60-82)71-25-5-2-6-26-71)103-42-22-40-99-108(103)90-33-10-17-39-98(90)111(99)97-38-16-9-32-89(97)106-92-34-12-19-43-104(92)116-109(106)111/h1-69H. The molecule has 0 aliphatic heterocycles. The summed E-state index contributed by atoms with van der Waals surface area (Å²) in [5.41, 5.74) is 37.0. The SMILES string of the molecule is c1ccc(-c2ccc(N(c3ccc(-c4ccc5c(c4)C4(c6ccccc6-c6ccccc64)c4sc6ccccc6c4-5)cc3)c3ccc4ccc(-c5cccc(-n6c7ccccc7c7cc(N(c8ccc(-c9ccccc9)cc8)c8cccc9c8-c8ccccc8C98c9ccccc9-c9c8sc8ccccc98)ccc76)c5)cc4c3)cc2)cc1. The molecule has 1 unspecified atom stereocenters. The maximum absolute atomic E-state index is 2.53. The Morgan fingerprint density at radius 3 is 1.24 bits per heavy atom. The van der Waals surface area contributed by atoms with E-state index in [9.17, 15) is 0 Å². The van der Waals surface area contributed by atoms with Crippen molar-refractivity contribution in [1.29, 1.82) is 0 Å². The molecule has 2 spiro atoms. The van der Waals surface area contributed by atoms with E-state index in [-0.39, 0.29) is 0 Å². The second-order valence-corrected chi connectivity index (χ2v) is 33.7. The van der Waals surface area contributed by atoms with Crippen molar-refractivity contribution >= 4 is 110 Å².